The highest BCUT2D eigenvalue weighted by Crippen LogP contribution is 2.32. The van der Waals surface area contributed by atoms with E-state index in [0.29, 0.717) is 22.6 Å². The van der Waals surface area contributed by atoms with Gasteiger partial charge in [-0.25, -0.2) is 4.98 Å². The zero-order valence-corrected chi connectivity index (χ0v) is 14.9. The summed E-state index contributed by atoms with van der Waals surface area (Å²) >= 11 is 1.25. The van der Waals surface area contributed by atoms with E-state index in [-0.39, 0.29) is 17.2 Å². The Kier molecular flexibility index (Phi) is 5.47. The molecule has 1 aromatic carbocycles. The molecule has 8 nitrogen and oxygen atoms in total. The van der Waals surface area contributed by atoms with Gasteiger partial charge in [-0.05, 0) is 19.1 Å². The number of carbonyl (C=O) groups is 1. The molecule has 3 aromatic rings. The van der Waals surface area contributed by atoms with Crippen molar-refractivity contribution in [3.8, 4) is 11.5 Å². The average molecular weight is 372 g/mol. The Morgan fingerprint density at radius 2 is 2.08 bits per heavy atom. The number of carbonyl (C=O) groups excluding carboxylic acids is 1. The van der Waals surface area contributed by atoms with Gasteiger partial charge in [-0.2, -0.15) is 0 Å². The summed E-state index contributed by atoms with van der Waals surface area (Å²) in [5.74, 6) is 0.375. The van der Waals surface area contributed by atoms with Gasteiger partial charge in [0, 0.05) is 11.6 Å². The third kappa shape index (κ3) is 4.37. The lowest BCUT2D eigenvalue weighted by Crippen LogP contribution is -2.14. The van der Waals surface area contributed by atoms with Crippen molar-refractivity contribution in [2.45, 2.75) is 23.8 Å². The lowest BCUT2D eigenvalue weighted by molar-refractivity contribution is -0.139. The molecule has 9 heteroatoms. The molecule has 1 atom stereocenters. The van der Waals surface area contributed by atoms with Gasteiger partial charge in [0.2, 0.25) is 11.8 Å². The van der Waals surface area contributed by atoms with Crippen LogP contribution >= 0.6 is 11.8 Å². The predicted molar refractivity (Wildman–Crippen MR) is 94.6 cm³/mol. The van der Waals surface area contributed by atoms with Gasteiger partial charge >= 0.3 is 5.97 Å². The molecule has 0 saturated heterocycles. The highest BCUT2D eigenvalue weighted by atomic mass is 32.2. The van der Waals surface area contributed by atoms with E-state index < -0.39 is 5.97 Å². The average Bonchev–Trinajstić information content (AvgIpc) is 3.12. The van der Waals surface area contributed by atoms with E-state index in [0.717, 1.165) is 5.56 Å². The minimum Gasteiger partial charge on any atom is -0.469 e. The quantitative estimate of drug-likeness (QED) is 0.399. The molecule has 3 rings (SSSR count). The first-order valence-electron chi connectivity index (χ1n) is 7.77. The summed E-state index contributed by atoms with van der Waals surface area (Å²) in [7, 11) is 1.28. The number of aromatic nitrogens is 4. The van der Waals surface area contributed by atoms with Crippen molar-refractivity contribution in [1.29, 1.82) is 0 Å². The molecule has 0 amide bonds. The molecular weight excluding hydrogens is 356 g/mol. The summed E-state index contributed by atoms with van der Waals surface area (Å²) in [5.41, 5.74) is 0.824. The maximum absolute atomic E-state index is 11.8. The summed E-state index contributed by atoms with van der Waals surface area (Å²) < 4.78 is 10.3. The van der Waals surface area contributed by atoms with Crippen LogP contribution in [0.5, 0.6) is 0 Å². The first kappa shape index (κ1) is 17.9. The zero-order valence-electron chi connectivity index (χ0n) is 14.1. The summed E-state index contributed by atoms with van der Waals surface area (Å²) in [6.07, 6.45) is -0.0684. The van der Waals surface area contributed by atoms with Gasteiger partial charge in [0.1, 0.15) is 0 Å². The van der Waals surface area contributed by atoms with Crippen molar-refractivity contribution in [3.05, 3.63) is 58.3 Å². The van der Waals surface area contributed by atoms with Gasteiger partial charge in [0.15, 0.2) is 5.16 Å². The number of hydrogen-bond donors (Lipinski definition) is 1. The van der Waals surface area contributed by atoms with Crippen molar-refractivity contribution >= 4 is 17.7 Å². The molecular formula is C17H16N4O4S. The number of nitrogens with zero attached hydrogens (tertiary/aromatic N) is 3. The van der Waals surface area contributed by atoms with Gasteiger partial charge in [-0.3, -0.25) is 9.59 Å². The normalized spacial score (nSPS) is 11.9. The van der Waals surface area contributed by atoms with Crippen LogP contribution in [-0.2, 0) is 16.0 Å². The van der Waals surface area contributed by atoms with E-state index >= 15 is 0 Å². The fraction of sp³-hybridized carbons (Fsp3) is 0.235. The second-order valence-corrected chi connectivity index (χ2v) is 6.70. The fourth-order valence-corrected chi connectivity index (χ4v) is 3.02. The van der Waals surface area contributed by atoms with Crippen LogP contribution in [0.3, 0.4) is 0 Å². The Labute approximate surface area is 153 Å². The minimum atomic E-state index is -0.462. The summed E-state index contributed by atoms with van der Waals surface area (Å²) in [5, 5.41) is 8.24. The Hall–Kier alpha value is -2.94. The van der Waals surface area contributed by atoms with Crippen molar-refractivity contribution in [2.75, 3.05) is 7.11 Å². The molecule has 0 aliphatic heterocycles. The van der Waals surface area contributed by atoms with Crippen LogP contribution in [0, 0.1) is 0 Å². The largest absolute Gasteiger partial charge is 0.469 e. The van der Waals surface area contributed by atoms with Crippen LogP contribution in [0.15, 0.2) is 50.8 Å². The number of thioether (sulfide) groups is 1. The highest BCUT2D eigenvalue weighted by molar-refractivity contribution is 7.99. The number of rotatable bonds is 6. The fourth-order valence-electron chi connectivity index (χ4n) is 2.16. The van der Waals surface area contributed by atoms with Crippen LogP contribution in [-0.4, -0.2) is 33.2 Å². The summed E-state index contributed by atoms with van der Waals surface area (Å²) in [4.78, 5) is 30.0. The summed E-state index contributed by atoms with van der Waals surface area (Å²) in [6, 6.07) is 10.7. The Balaban J connectivity index is 1.76. The number of esters is 1. The maximum Gasteiger partial charge on any atom is 0.311 e. The first-order chi connectivity index (χ1) is 12.5. The second-order valence-electron chi connectivity index (χ2n) is 5.37. The molecule has 1 N–H and O–H groups in total. The number of ether oxygens (including phenoxy) is 1. The molecule has 0 spiro atoms. The van der Waals surface area contributed by atoms with Gasteiger partial charge < -0.3 is 14.1 Å². The van der Waals surface area contributed by atoms with E-state index in [4.69, 9.17) is 4.42 Å². The molecule has 0 bridgehead atoms. The van der Waals surface area contributed by atoms with Crippen molar-refractivity contribution in [1.82, 2.24) is 20.2 Å². The number of benzene rings is 1. The lowest BCUT2D eigenvalue weighted by atomic mass is 10.2. The third-order valence-electron chi connectivity index (χ3n) is 3.42. The highest BCUT2D eigenvalue weighted by Gasteiger charge is 2.18. The third-order valence-corrected chi connectivity index (χ3v) is 4.40. The number of H-pyrrole nitrogens is 1. The van der Waals surface area contributed by atoms with Gasteiger partial charge in [0.25, 0.3) is 5.56 Å². The summed E-state index contributed by atoms with van der Waals surface area (Å²) in [6.45, 7) is 1.86. The standard InChI is InChI=1S/C17H16N4O4S/c1-10(15-20-21-16(25-15)11-6-4-3-5-7-11)26-17-18-12(8-13(22)19-17)9-14(23)24-2/h3-8,10H,9H2,1-2H3,(H,18,19,22)/t10-/m0/s1. The Bertz CT molecular complexity index is 955. The molecule has 0 fully saturated rings. The zero-order chi connectivity index (χ0) is 18.5. The first-order valence-corrected chi connectivity index (χ1v) is 8.65. The minimum absolute atomic E-state index is 0.0684. The van der Waals surface area contributed by atoms with E-state index in [9.17, 15) is 9.59 Å². The van der Waals surface area contributed by atoms with E-state index in [2.05, 4.69) is 24.9 Å². The molecule has 0 radical (unpaired) electrons. The van der Waals surface area contributed by atoms with E-state index in [1.165, 1.54) is 24.9 Å². The molecule has 0 unspecified atom stereocenters. The number of aromatic amines is 1. The molecule has 0 aliphatic rings. The molecule has 0 aliphatic carbocycles. The number of nitrogens with one attached hydrogen (secondary N) is 1. The van der Waals surface area contributed by atoms with Crippen LogP contribution < -0.4 is 5.56 Å². The smallest absolute Gasteiger partial charge is 0.311 e. The molecule has 0 saturated carbocycles. The molecule has 134 valence electrons. The molecule has 2 heterocycles. The van der Waals surface area contributed by atoms with E-state index in [1.807, 2.05) is 37.3 Å². The SMILES string of the molecule is COC(=O)Cc1cc(=O)[nH]c(S[C@@H](C)c2nnc(-c3ccccc3)o2)n1. The van der Waals surface area contributed by atoms with Crippen LogP contribution in [0.2, 0.25) is 0 Å². The van der Waals surface area contributed by atoms with Crippen molar-refractivity contribution < 1.29 is 13.9 Å². The van der Waals surface area contributed by atoms with E-state index in [1.54, 1.807) is 0 Å². The number of methoxy groups -OCH3 is 1. The maximum atomic E-state index is 11.8. The van der Waals surface area contributed by atoms with Crippen LogP contribution in [0.4, 0.5) is 0 Å². The predicted octanol–water partition coefficient (Wildman–Crippen LogP) is 2.39. The van der Waals surface area contributed by atoms with Gasteiger partial charge in [-0.1, -0.05) is 30.0 Å². The monoisotopic (exact) mass is 372 g/mol. The molecule has 26 heavy (non-hydrogen) atoms. The second kappa shape index (κ2) is 7.96. The Morgan fingerprint density at radius 1 is 1.31 bits per heavy atom. The van der Waals surface area contributed by atoms with Gasteiger partial charge in [-0.15, -0.1) is 10.2 Å². The number of hydrogen-bond acceptors (Lipinski definition) is 8. The Morgan fingerprint density at radius 3 is 2.81 bits per heavy atom. The topological polar surface area (TPSA) is 111 Å². The van der Waals surface area contributed by atoms with Crippen molar-refractivity contribution in [3.63, 3.8) is 0 Å². The molecule has 2 aromatic heterocycles. The lowest BCUT2D eigenvalue weighted by Gasteiger charge is -2.07. The van der Waals surface area contributed by atoms with Crippen molar-refractivity contribution in [2.24, 2.45) is 0 Å². The van der Waals surface area contributed by atoms with Crippen LogP contribution in [0.25, 0.3) is 11.5 Å². The van der Waals surface area contributed by atoms with Gasteiger partial charge in [0.05, 0.1) is 24.5 Å². The van der Waals surface area contributed by atoms with Crippen LogP contribution in [0.1, 0.15) is 23.8 Å².